The van der Waals surface area contributed by atoms with Gasteiger partial charge in [0.25, 0.3) is 0 Å². The Morgan fingerprint density at radius 2 is 1.79 bits per heavy atom. The van der Waals surface area contributed by atoms with Gasteiger partial charge in [-0.25, -0.2) is 0 Å². The largest absolute Gasteiger partial charge is 0.508 e. The van der Waals surface area contributed by atoms with Gasteiger partial charge in [0.05, 0.1) is 5.60 Å². The summed E-state index contributed by atoms with van der Waals surface area (Å²) in [7, 11) is 0. The molecule has 1 saturated heterocycles. The summed E-state index contributed by atoms with van der Waals surface area (Å²) >= 11 is 0. The Balaban J connectivity index is 1.09. The van der Waals surface area contributed by atoms with E-state index in [0.717, 1.165) is 57.2 Å². The van der Waals surface area contributed by atoms with Crippen molar-refractivity contribution in [2.24, 2.45) is 17.3 Å². The van der Waals surface area contributed by atoms with Crippen LogP contribution in [0.1, 0.15) is 75.0 Å². The predicted octanol–water partition coefficient (Wildman–Crippen LogP) is 4.26. The lowest BCUT2D eigenvalue weighted by Gasteiger charge is -2.54. The molecule has 6 rings (SSSR count). The van der Waals surface area contributed by atoms with Crippen LogP contribution in [0, 0.1) is 17.3 Å². The number of rotatable bonds is 7. The molecule has 1 aliphatic heterocycles. The van der Waals surface area contributed by atoms with Gasteiger partial charge < -0.3 is 20.4 Å². The molecule has 3 aliphatic carbocycles. The third-order valence-corrected chi connectivity index (χ3v) is 11.4. The molecule has 4 aliphatic rings. The van der Waals surface area contributed by atoms with Crippen molar-refractivity contribution < 1.29 is 19.8 Å². The zero-order chi connectivity index (χ0) is 29.5. The van der Waals surface area contributed by atoms with Crippen LogP contribution in [0.3, 0.4) is 0 Å². The van der Waals surface area contributed by atoms with Gasteiger partial charge in [0.2, 0.25) is 11.8 Å². The van der Waals surface area contributed by atoms with Crippen molar-refractivity contribution in [1.82, 2.24) is 15.1 Å². The molecule has 1 heterocycles. The summed E-state index contributed by atoms with van der Waals surface area (Å²) in [6.07, 6.45) is 6.99. The van der Waals surface area contributed by atoms with E-state index >= 15 is 0 Å². The fraction of sp³-hybridized carbons (Fsp3) is 0.600. The molecule has 0 aromatic heterocycles. The SMILES string of the molecule is CCC(=O)N[C@@H](Cc1ccccc1)C(=O)N1CCN(C[C@]2(O)CC[C@H]3[C@@H]4CCc5cc(O)ccc5[C@H]4CC[C@@]32C)CC1. The van der Waals surface area contributed by atoms with Gasteiger partial charge >= 0.3 is 0 Å². The van der Waals surface area contributed by atoms with E-state index in [-0.39, 0.29) is 17.2 Å². The number of phenols is 1. The molecule has 3 fully saturated rings. The summed E-state index contributed by atoms with van der Waals surface area (Å²) in [6.45, 7) is 7.49. The highest BCUT2D eigenvalue weighted by Gasteiger charge is 2.61. The fourth-order valence-corrected chi connectivity index (χ4v) is 9.00. The molecular weight excluding hydrogens is 526 g/mol. The van der Waals surface area contributed by atoms with Crippen LogP contribution in [-0.4, -0.2) is 76.2 Å². The molecule has 7 nitrogen and oxygen atoms in total. The Kier molecular flexibility index (Phi) is 8.09. The zero-order valence-electron chi connectivity index (χ0n) is 25.2. The van der Waals surface area contributed by atoms with E-state index in [1.54, 1.807) is 0 Å². The fourth-order valence-electron chi connectivity index (χ4n) is 9.00. The number of carbonyl (C=O) groups is 2. The van der Waals surface area contributed by atoms with E-state index < -0.39 is 11.6 Å². The average molecular weight is 574 g/mol. The standard InChI is InChI=1S/C35H47N3O4/c1-3-32(40)36-31(21-24-7-5-4-6-8-24)33(41)38-19-17-37(18-20-38)23-35(42)16-14-30-29-11-9-25-22-26(39)10-12-27(25)28(29)13-15-34(30,35)2/h4-8,10,12,22,28-31,39,42H,3,9,11,13-21,23H2,1-2H3,(H,36,40)/t28-,29-,30+,31+,34+,35-/m1/s1. The minimum Gasteiger partial charge on any atom is -0.508 e. The van der Waals surface area contributed by atoms with Crippen molar-refractivity contribution in [3.05, 3.63) is 65.2 Å². The number of amides is 2. The van der Waals surface area contributed by atoms with Gasteiger partial charge in [0.15, 0.2) is 0 Å². The molecule has 0 unspecified atom stereocenters. The van der Waals surface area contributed by atoms with Gasteiger partial charge in [0.1, 0.15) is 11.8 Å². The average Bonchev–Trinajstić information content (AvgIpc) is 3.26. The first-order chi connectivity index (χ1) is 20.2. The molecule has 2 aromatic carbocycles. The first-order valence-electron chi connectivity index (χ1n) is 16.1. The van der Waals surface area contributed by atoms with Gasteiger partial charge in [-0.1, -0.05) is 50.2 Å². The maximum absolute atomic E-state index is 13.6. The molecule has 0 bridgehead atoms. The molecule has 6 atom stereocenters. The van der Waals surface area contributed by atoms with E-state index in [1.165, 1.54) is 11.1 Å². The summed E-state index contributed by atoms with van der Waals surface area (Å²) < 4.78 is 0. The number of benzene rings is 2. The van der Waals surface area contributed by atoms with E-state index in [0.29, 0.717) is 56.0 Å². The Morgan fingerprint density at radius 1 is 1.02 bits per heavy atom. The highest BCUT2D eigenvalue weighted by Crippen LogP contribution is 2.64. The number of piperazine rings is 1. The lowest BCUT2D eigenvalue weighted by molar-refractivity contribution is -0.140. The predicted molar refractivity (Wildman–Crippen MR) is 163 cm³/mol. The molecule has 2 amide bonds. The zero-order valence-corrected chi connectivity index (χ0v) is 25.2. The lowest BCUT2D eigenvalue weighted by Crippen LogP contribution is -2.60. The number of hydrogen-bond donors (Lipinski definition) is 3. The van der Waals surface area contributed by atoms with Crippen molar-refractivity contribution in [1.29, 1.82) is 0 Å². The Morgan fingerprint density at radius 3 is 2.52 bits per heavy atom. The van der Waals surface area contributed by atoms with Crippen LogP contribution in [0.4, 0.5) is 0 Å². The van der Waals surface area contributed by atoms with Crippen LogP contribution in [-0.2, 0) is 22.4 Å². The number of nitrogens with zero attached hydrogens (tertiary/aromatic N) is 2. The van der Waals surface area contributed by atoms with E-state index in [4.69, 9.17) is 0 Å². The van der Waals surface area contributed by atoms with Crippen LogP contribution in [0.2, 0.25) is 0 Å². The van der Waals surface area contributed by atoms with Crippen molar-refractivity contribution in [3.8, 4) is 5.75 Å². The molecule has 2 aromatic rings. The van der Waals surface area contributed by atoms with Crippen molar-refractivity contribution in [2.45, 2.75) is 82.8 Å². The minimum absolute atomic E-state index is 0.0175. The van der Waals surface area contributed by atoms with Gasteiger partial charge in [-0.05, 0) is 85.1 Å². The van der Waals surface area contributed by atoms with Crippen LogP contribution < -0.4 is 5.32 Å². The van der Waals surface area contributed by atoms with E-state index in [1.807, 2.05) is 54.3 Å². The highest BCUT2D eigenvalue weighted by molar-refractivity contribution is 5.88. The summed E-state index contributed by atoms with van der Waals surface area (Å²) in [5.74, 6) is 1.86. The summed E-state index contributed by atoms with van der Waals surface area (Å²) in [6, 6.07) is 15.2. The molecule has 2 saturated carbocycles. The molecule has 42 heavy (non-hydrogen) atoms. The van der Waals surface area contributed by atoms with Crippen LogP contribution in [0.5, 0.6) is 5.75 Å². The number of carbonyl (C=O) groups excluding carboxylic acids is 2. The van der Waals surface area contributed by atoms with Crippen LogP contribution >= 0.6 is 0 Å². The maximum Gasteiger partial charge on any atom is 0.245 e. The number of hydrogen-bond acceptors (Lipinski definition) is 5. The maximum atomic E-state index is 13.6. The van der Waals surface area contributed by atoms with Gasteiger partial charge in [0, 0.05) is 51.0 Å². The summed E-state index contributed by atoms with van der Waals surface area (Å²) in [5.41, 5.74) is 2.92. The summed E-state index contributed by atoms with van der Waals surface area (Å²) in [4.78, 5) is 30.1. The second-order valence-corrected chi connectivity index (χ2v) is 13.6. The van der Waals surface area contributed by atoms with Crippen LogP contribution in [0.15, 0.2) is 48.5 Å². The number of aromatic hydroxyl groups is 1. The molecule has 3 N–H and O–H groups in total. The Bertz CT molecular complexity index is 1290. The number of fused-ring (bicyclic) bond motifs is 5. The topological polar surface area (TPSA) is 93.1 Å². The quantitative estimate of drug-likeness (QED) is 0.460. The number of nitrogens with one attached hydrogen (secondary N) is 1. The third-order valence-electron chi connectivity index (χ3n) is 11.4. The minimum atomic E-state index is -0.727. The molecule has 0 spiro atoms. The van der Waals surface area contributed by atoms with Crippen LogP contribution in [0.25, 0.3) is 0 Å². The van der Waals surface area contributed by atoms with Gasteiger partial charge in [-0.3, -0.25) is 14.5 Å². The molecule has 226 valence electrons. The van der Waals surface area contributed by atoms with Crippen molar-refractivity contribution in [2.75, 3.05) is 32.7 Å². The number of β-amino-alcohol motifs (C(OH)–C–C–N with tert-alkyl or cyclic N) is 1. The lowest BCUT2D eigenvalue weighted by atomic mass is 9.53. The normalized spacial score (nSPS) is 31.5. The second kappa shape index (κ2) is 11.6. The Hall–Kier alpha value is -2.90. The number of aliphatic hydroxyl groups is 1. The number of aryl methyl sites for hydroxylation is 1. The molecule has 0 radical (unpaired) electrons. The Labute approximate surface area is 250 Å². The van der Waals surface area contributed by atoms with Gasteiger partial charge in [-0.2, -0.15) is 0 Å². The van der Waals surface area contributed by atoms with Crippen molar-refractivity contribution >= 4 is 11.8 Å². The third kappa shape index (κ3) is 5.35. The molecule has 7 heteroatoms. The first-order valence-corrected chi connectivity index (χ1v) is 16.1. The highest BCUT2D eigenvalue weighted by atomic mass is 16.3. The molecular formula is C35H47N3O4. The van der Waals surface area contributed by atoms with Crippen molar-refractivity contribution in [3.63, 3.8) is 0 Å². The second-order valence-electron chi connectivity index (χ2n) is 13.6. The smallest absolute Gasteiger partial charge is 0.245 e. The summed E-state index contributed by atoms with van der Waals surface area (Å²) in [5, 5.41) is 25.2. The monoisotopic (exact) mass is 573 g/mol. The number of phenolic OH excluding ortho intramolecular Hbond substituents is 1. The van der Waals surface area contributed by atoms with E-state index in [2.05, 4.69) is 23.2 Å². The van der Waals surface area contributed by atoms with Gasteiger partial charge in [-0.15, -0.1) is 0 Å². The first kappa shape index (κ1) is 29.2. The van der Waals surface area contributed by atoms with E-state index in [9.17, 15) is 19.8 Å².